The molecule has 0 spiro atoms. The molecule has 1 aliphatic carbocycles. The molecule has 0 saturated heterocycles. The van der Waals surface area contributed by atoms with Crippen molar-refractivity contribution in [2.45, 2.75) is 24.9 Å². The van der Waals surface area contributed by atoms with Gasteiger partial charge in [-0.3, -0.25) is 4.68 Å². The van der Waals surface area contributed by atoms with E-state index in [0.717, 1.165) is 23.4 Å². The van der Waals surface area contributed by atoms with E-state index in [1.807, 2.05) is 31.4 Å². The smallest absolute Gasteiger partial charge is 0.119 e. The molecular weight excluding hydrogens is 240 g/mol. The highest BCUT2D eigenvalue weighted by Gasteiger charge is 2.35. The van der Waals surface area contributed by atoms with Crippen LogP contribution in [0.5, 0.6) is 5.75 Å². The lowest BCUT2D eigenvalue weighted by Gasteiger charge is -2.32. The molecule has 1 atom stereocenters. The Morgan fingerprint density at radius 1 is 1.32 bits per heavy atom. The van der Waals surface area contributed by atoms with Gasteiger partial charge in [-0.25, -0.2) is 0 Å². The van der Waals surface area contributed by atoms with Gasteiger partial charge in [-0.15, -0.1) is 0 Å². The lowest BCUT2D eigenvalue weighted by atomic mass is 9.78. The predicted octanol–water partition coefficient (Wildman–Crippen LogP) is 1.81. The van der Waals surface area contributed by atoms with Crippen LogP contribution in [0.2, 0.25) is 0 Å². The fourth-order valence-electron chi connectivity index (χ4n) is 2.76. The average Bonchev–Trinajstić information content (AvgIpc) is 2.85. The van der Waals surface area contributed by atoms with Crippen LogP contribution in [0.25, 0.3) is 0 Å². The summed E-state index contributed by atoms with van der Waals surface area (Å²) in [5, 5.41) is 15.2. The standard InChI is InChI=1S/C15H18N2O2/c1-17-8-6-14(16-17)15(18)7-5-11-3-4-13(19-2)9-12(11)10-15/h3-4,6,8-9,18H,5,7,10H2,1-2H3. The molecule has 4 nitrogen and oxygen atoms in total. The summed E-state index contributed by atoms with van der Waals surface area (Å²) < 4.78 is 6.99. The number of hydrogen-bond donors (Lipinski definition) is 1. The maximum absolute atomic E-state index is 10.8. The molecule has 1 heterocycles. The molecule has 19 heavy (non-hydrogen) atoms. The third-order valence-corrected chi connectivity index (χ3v) is 3.89. The van der Waals surface area contributed by atoms with Gasteiger partial charge in [0.2, 0.25) is 0 Å². The summed E-state index contributed by atoms with van der Waals surface area (Å²) in [4.78, 5) is 0. The van der Waals surface area contributed by atoms with E-state index in [1.54, 1.807) is 11.8 Å². The largest absolute Gasteiger partial charge is 0.497 e. The van der Waals surface area contributed by atoms with Crippen molar-refractivity contribution < 1.29 is 9.84 Å². The highest BCUT2D eigenvalue weighted by Crippen LogP contribution is 2.36. The molecule has 0 saturated carbocycles. The summed E-state index contributed by atoms with van der Waals surface area (Å²) in [6.07, 6.45) is 4.04. The first kappa shape index (κ1) is 12.2. The van der Waals surface area contributed by atoms with Crippen molar-refractivity contribution in [1.82, 2.24) is 9.78 Å². The van der Waals surface area contributed by atoms with E-state index in [-0.39, 0.29) is 0 Å². The van der Waals surface area contributed by atoms with E-state index in [2.05, 4.69) is 11.2 Å². The van der Waals surface area contributed by atoms with Gasteiger partial charge < -0.3 is 9.84 Å². The van der Waals surface area contributed by atoms with E-state index in [0.29, 0.717) is 12.8 Å². The van der Waals surface area contributed by atoms with E-state index in [4.69, 9.17) is 4.74 Å². The number of methoxy groups -OCH3 is 1. The number of ether oxygens (including phenoxy) is 1. The summed E-state index contributed by atoms with van der Waals surface area (Å²) in [6.45, 7) is 0. The zero-order valence-corrected chi connectivity index (χ0v) is 11.3. The van der Waals surface area contributed by atoms with E-state index in [9.17, 15) is 5.11 Å². The fourth-order valence-corrected chi connectivity index (χ4v) is 2.76. The number of rotatable bonds is 2. The number of benzene rings is 1. The van der Waals surface area contributed by atoms with Crippen LogP contribution in [-0.4, -0.2) is 22.0 Å². The number of aryl methyl sites for hydroxylation is 2. The molecule has 4 heteroatoms. The average molecular weight is 258 g/mol. The van der Waals surface area contributed by atoms with Crippen LogP contribution in [-0.2, 0) is 25.5 Å². The Labute approximate surface area is 112 Å². The quantitative estimate of drug-likeness (QED) is 0.893. The monoisotopic (exact) mass is 258 g/mol. The van der Waals surface area contributed by atoms with Crippen LogP contribution in [0, 0.1) is 0 Å². The summed E-state index contributed by atoms with van der Waals surface area (Å²) in [6, 6.07) is 7.98. The van der Waals surface area contributed by atoms with Crippen molar-refractivity contribution in [2.75, 3.05) is 7.11 Å². The van der Waals surface area contributed by atoms with Crippen LogP contribution in [0.15, 0.2) is 30.5 Å². The van der Waals surface area contributed by atoms with Gasteiger partial charge in [0, 0.05) is 19.7 Å². The summed E-state index contributed by atoms with van der Waals surface area (Å²) in [5.41, 5.74) is 2.34. The number of aromatic nitrogens is 2. The van der Waals surface area contributed by atoms with Gasteiger partial charge in [0.05, 0.1) is 12.8 Å². The van der Waals surface area contributed by atoms with Crippen LogP contribution >= 0.6 is 0 Å². The molecule has 0 fully saturated rings. The van der Waals surface area contributed by atoms with Gasteiger partial charge in [0.1, 0.15) is 11.4 Å². The van der Waals surface area contributed by atoms with Crippen LogP contribution in [0.3, 0.4) is 0 Å². The molecule has 0 aliphatic heterocycles. The Kier molecular flexibility index (Phi) is 2.82. The highest BCUT2D eigenvalue weighted by atomic mass is 16.5. The van der Waals surface area contributed by atoms with Gasteiger partial charge in [0.25, 0.3) is 0 Å². The van der Waals surface area contributed by atoms with Gasteiger partial charge >= 0.3 is 0 Å². The highest BCUT2D eigenvalue weighted by molar-refractivity contribution is 5.39. The summed E-state index contributed by atoms with van der Waals surface area (Å²) in [7, 11) is 3.53. The second-order valence-corrected chi connectivity index (χ2v) is 5.22. The zero-order valence-electron chi connectivity index (χ0n) is 11.3. The van der Waals surface area contributed by atoms with Crippen LogP contribution in [0.4, 0.5) is 0 Å². The molecule has 0 bridgehead atoms. The van der Waals surface area contributed by atoms with Crippen molar-refractivity contribution in [2.24, 2.45) is 7.05 Å². The molecular formula is C15H18N2O2. The maximum Gasteiger partial charge on any atom is 0.119 e. The second kappa shape index (κ2) is 4.38. The molecule has 2 aromatic rings. The molecule has 100 valence electrons. The first-order valence-electron chi connectivity index (χ1n) is 6.49. The molecule has 0 radical (unpaired) electrons. The predicted molar refractivity (Wildman–Crippen MR) is 72.1 cm³/mol. The zero-order chi connectivity index (χ0) is 13.5. The van der Waals surface area contributed by atoms with Gasteiger partial charge in [-0.2, -0.15) is 5.10 Å². The Bertz CT molecular complexity index is 606. The number of hydrogen-bond acceptors (Lipinski definition) is 3. The van der Waals surface area contributed by atoms with E-state index >= 15 is 0 Å². The Morgan fingerprint density at radius 3 is 2.84 bits per heavy atom. The molecule has 3 rings (SSSR count). The molecule has 1 unspecified atom stereocenters. The van der Waals surface area contributed by atoms with E-state index in [1.165, 1.54) is 5.56 Å². The number of nitrogens with zero attached hydrogens (tertiary/aromatic N) is 2. The van der Waals surface area contributed by atoms with Crippen molar-refractivity contribution in [3.8, 4) is 5.75 Å². The second-order valence-electron chi connectivity index (χ2n) is 5.22. The first-order valence-corrected chi connectivity index (χ1v) is 6.49. The minimum atomic E-state index is -0.860. The van der Waals surface area contributed by atoms with Crippen molar-refractivity contribution >= 4 is 0 Å². The van der Waals surface area contributed by atoms with E-state index < -0.39 is 5.60 Å². The third kappa shape index (κ3) is 2.12. The van der Waals surface area contributed by atoms with Gasteiger partial charge in [-0.05, 0) is 42.2 Å². The minimum absolute atomic E-state index is 0.594. The lowest BCUT2D eigenvalue weighted by molar-refractivity contribution is 0.0174. The summed E-state index contributed by atoms with van der Waals surface area (Å²) in [5.74, 6) is 0.837. The first-order chi connectivity index (χ1) is 9.10. The lowest BCUT2D eigenvalue weighted by Crippen LogP contribution is -2.33. The Morgan fingerprint density at radius 2 is 2.16 bits per heavy atom. The van der Waals surface area contributed by atoms with Crippen molar-refractivity contribution in [1.29, 1.82) is 0 Å². The molecule has 1 aromatic carbocycles. The van der Waals surface area contributed by atoms with Crippen molar-refractivity contribution in [3.63, 3.8) is 0 Å². The minimum Gasteiger partial charge on any atom is -0.497 e. The van der Waals surface area contributed by atoms with Crippen LogP contribution in [0.1, 0.15) is 23.2 Å². The molecule has 0 amide bonds. The maximum atomic E-state index is 10.8. The third-order valence-electron chi connectivity index (χ3n) is 3.89. The normalized spacial score (nSPS) is 22.1. The molecule has 1 aliphatic rings. The topological polar surface area (TPSA) is 47.3 Å². The van der Waals surface area contributed by atoms with Gasteiger partial charge in [-0.1, -0.05) is 6.07 Å². The Balaban J connectivity index is 1.96. The fraction of sp³-hybridized carbons (Fsp3) is 0.400. The Hall–Kier alpha value is -1.81. The molecule has 1 N–H and O–H groups in total. The van der Waals surface area contributed by atoms with Crippen LogP contribution < -0.4 is 4.74 Å². The number of fused-ring (bicyclic) bond motifs is 1. The molecule has 1 aromatic heterocycles. The number of aliphatic hydroxyl groups is 1. The SMILES string of the molecule is COc1ccc2c(c1)CC(O)(c1ccn(C)n1)CC2. The van der Waals surface area contributed by atoms with Gasteiger partial charge in [0.15, 0.2) is 0 Å². The summed E-state index contributed by atoms with van der Waals surface area (Å²) >= 11 is 0. The van der Waals surface area contributed by atoms with Crippen molar-refractivity contribution in [3.05, 3.63) is 47.3 Å².